The maximum absolute atomic E-state index is 13.5. The van der Waals surface area contributed by atoms with E-state index in [9.17, 15) is 19.5 Å². The first kappa shape index (κ1) is 29.2. The number of rotatable bonds is 8. The predicted octanol–water partition coefficient (Wildman–Crippen LogP) is 1.96. The number of nitrogens with one attached hydrogen (secondary N) is 2. The van der Waals surface area contributed by atoms with Gasteiger partial charge in [0.25, 0.3) is 5.91 Å². The van der Waals surface area contributed by atoms with Crippen molar-refractivity contribution in [3.63, 3.8) is 0 Å². The van der Waals surface area contributed by atoms with Crippen molar-refractivity contribution in [1.82, 2.24) is 15.5 Å². The zero-order chi connectivity index (χ0) is 27.2. The Hall–Kier alpha value is -2.40. The molecule has 0 radical (unpaired) electrons. The Morgan fingerprint density at radius 1 is 1.24 bits per heavy atom. The number of hydrogen-bond donors (Lipinski definition) is 3. The van der Waals surface area contributed by atoms with Crippen molar-refractivity contribution in [2.45, 2.75) is 88.0 Å². The number of methoxy groups -OCH3 is 1. The van der Waals surface area contributed by atoms with Crippen LogP contribution >= 0.6 is 11.6 Å². The van der Waals surface area contributed by atoms with E-state index in [4.69, 9.17) is 25.8 Å². The fraction of sp³-hybridized carbons (Fsp3) is 0.654. The zero-order valence-electron chi connectivity index (χ0n) is 21.8. The molecule has 2 fully saturated rings. The summed E-state index contributed by atoms with van der Waals surface area (Å²) in [5.74, 6) is -1.03. The van der Waals surface area contributed by atoms with Crippen molar-refractivity contribution in [3.05, 3.63) is 35.9 Å². The molecule has 2 heterocycles. The van der Waals surface area contributed by atoms with Gasteiger partial charge in [0.15, 0.2) is 18.5 Å². The fourth-order valence-electron chi connectivity index (χ4n) is 4.57. The summed E-state index contributed by atoms with van der Waals surface area (Å²) in [6, 6.07) is 7.32. The van der Waals surface area contributed by atoms with E-state index in [1.54, 1.807) is 0 Å². The Labute approximate surface area is 223 Å². The van der Waals surface area contributed by atoms with E-state index in [2.05, 4.69) is 10.6 Å². The predicted molar refractivity (Wildman–Crippen MR) is 137 cm³/mol. The monoisotopic (exact) mass is 539 g/mol. The molecule has 1 aromatic carbocycles. The van der Waals surface area contributed by atoms with Crippen LogP contribution in [0, 0.1) is 0 Å². The topological polar surface area (TPSA) is 126 Å². The van der Waals surface area contributed by atoms with E-state index >= 15 is 0 Å². The molecule has 3 amide bonds. The number of carbonyl (C=O) groups excluding carboxylic acids is 3. The smallest absolute Gasteiger partial charge is 0.407 e. The van der Waals surface area contributed by atoms with Crippen molar-refractivity contribution >= 4 is 29.5 Å². The second-order valence-electron chi connectivity index (χ2n) is 10.5. The minimum atomic E-state index is -1.64. The molecular formula is C26H38ClN3O7. The van der Waals surface area contributed by atoms with Crippen LogP contribution in [0.15, 0.2) is 30.3 Å². The largest absolute Gasteiger partial charge is 0.441 e. The van der Waals surface area contributed by atoms with E-state index in [1.165, 1.54) is 12.0 Å². The fourth-order valence-corrected chi connectivity index (χ4v) is 4.88. The molecule has 10 nitrogen and oxygen atoms in total. The van der Waals surface area contributed by atoms with Crippen molar-refractivity contribution < 1.29 is 33.7 Å². The molecule has 37 heavy (non-hydrogen) atoms. The van der Waals surface area contributed by atoms with Crippen molar-refractivity contribution in [2.24, 2.45) is 0 Å². The Bertz CT molecular complexity index is 926. The minimum absolute atomic E-state index is 0.108. The van der Waals surface area contributed by atoms with Gasteiger partial charge in [-0.15, -0.1) is 11.6 Å². The second kappa shape index (κ2) is 12.9. The summed E-state index contributed by atoms with van der Waals surface area (Å²) >= 11 is 6.33. The van der Waals surface area contributed by atoms with Crippen molar-refractivity contribution in [1.29, 1.82) is 0 Å². The van der Waals surface area contributed by atoms with Gasteiger partial charge in [0, 0.05) is 19.2 Å². The highest BCUT2D eigenvalue weighted by molar-refractivity contribution is 6.21. The third-order valence-corrected chi connectivity index (χ3v) is 6.60. The van der Waals surface area contributed by atoms with Crippen molar-refractivity contribution in [2.75, 3.05) is 20.3 Å². The van der Waals surface area contributed by atoms with Gasteiger partial charge in [-0.25, -0.2) is 4.79 Å². The number of aliphatic hydroxyl groups is 1. The number of likely N-dealkylation sites (tertiary alicyclic amines) is 1. The van der Waals surface area contributed by atoms with Crippen LogP contribution in [0.5, 0.6) is 0 Å². The van der Waals surface area contributed by atoms with Crippen LogP contribution < -0.4 is 10.6 Å². The average molecular weight is 540 g/mol. The number of alkyl halides is 1. The first-order valence-electron chi connectivity index (χ1n) is 12.6. The Morgan fingerprint density at radius 3 is 2.59 bits per heavy atom. The van der Waals surface area contributed by atoms with Gasteiger partial charge in [-0.3, -0.25) is 9.59 Å². The molecule has 11 heteroatoms. The summed E-state index contributed by atoms with van der Waals surface area (Å²) in [6.07, 6.45) is -2.05. The molecule has 0 aliphatic carbocycles. The van der Waals surface area contributed by atoms with E-state index < -0.39 is 53.5 Å². The molecule has 2 saturated heterocycles. The van der Waals surface area contributed by atoms with E-state index in [0.29, 0.717) is 19.4 Å². The Balaban J connectivity index is 1.75. The average Bonchev–Trinajstić information content (AvgIpc) is 3.24. The SMILES string of the molecule is CO[C@@H]1OCCC[C@@H]1OC(=O)N[C@@H](Cc1ccccc1)[C@H](O)C(=O)N1C[C@@H](Cl)C[C@H]1C(=O)NC(C)(C)C. The van der Waals surface area contributed by atoms with Crippen LogP contribution in [0.3, 0.4) is 0 Å². The molecule has 3 rings (SSSR count). The zero-order valence-corrected chi connectivity index (χ0v) is 22.6. The van der Waals surface area contributed by atoms with Crippen LogP contribution in [0.4, 0.5) is 4.79 Å². The summed E-state index contributed by atoms with van der Waals surface area (Å²) in [7, 11) is 1.47. The van der Waals surface area contributed by atoms with Gasteiger partial charge < -0.3 is 34.9 Å². The van der Waals surface area contributed by atoms with Gasteiger partial charge in [0.2, 0.25) is 5.91 Å². The molecule has 2 aliphatic rings. The van der Waals surface area contributed by atoms with Gasteiger partial charge in [-0.2, -0.15) is 0 Å². The molecule has 6 atom stereocenters. The lowest BCUT2D eigenvalue weighted by Gasteiger charge is -2.33. The number of alkyl carbamates (subject to hydrolysis) is 1. The quantitative estimate of drug-likeness (QED) is 0.431. The van der Waals surface area contributed by atoms with Gasteiger partial charge in [0.05, 0.1) is 18.0 Å². The van der Waals surface area contributed by atoms with Crippen LogP contribution in [-0.2, 0) is 30.2 Å². The van der Waals surface area contributed by atoms with Crippen LogP contribution in [0.25, 0.3) is 0 Å². The number of carbonyl (C=O) groups is 3. The molecular weight excluding hydrogens is 502 g/mol. The number of hydrogen-bond acceptors (Lipinski definition) is 7. The van der Waals surface area contributed by atoms with Gasteiger partial charge in [-0.05, 0) is 52.0 Å². The second-order valence-corrected chi connectivity index (χ2v) is 11.1. The molecule has 1 aromatic rings. The Morgan fingerprint density at radius 2 is 1.95 bits per heavy atom. The van der Waals surface area contributed by atoms with Crippen LogP contribution in [0.1, 0.15) is 45.6 Å². The van der Waals surface area contributed by atoms with Gasteiger partial charge in [-0.1, -0.05) is 30.3 Å². The van der Waals surface area contributed by atoms with Gasteiger partial charge in [0.1, 0.15) is 6.04 Å². The first-order chi connectivity index (χ1) is 17.5. The standard InChI is InChI=1S/C26H38ClN3O7/c1-26(2,3)29-22(32)19-14-17(27)15-30(19)23(33)21(31)18(13-16-9-6-5-7-10-16)28-25(34)37-20-11-8-12-36-24(20)35-4/h5-7,9-10,17-21,24,31H,8,11-15H2,1-4H3,(H,28,34)(H,29,32)/t17-,18-,19-,20-,21-,24+/m0/s1. The molecule has 0 unspecified atom stereocenters. The summed E-state index contributed by atoms with van der Waals surface area (Å²) in [5, 5.41) is 16.3. The number of benzene rings is 1. The molecule has 0 bridgehead atoms. The summed E-state index contributed by atoms with van der Waals surface area (Å²) in [4.78, 5) is 40.5. The lowest BCUT2D eigenvalue weighted by atomic mass is 10.00. The molecule has 206 valence electrons. The van der Waals surface area contributed by atoms with E-state index in [1.807, 2.05) is 51.1 Å². The number of ether oxygens (including phenoxy) is 3. The van der Waals surface area contributed by atoms with Crippen LogP contribution in [0.2, 0.25) is 0 Å². The van der Waals surface area contributed by atoms with Crippen LogP contribution in [-0.4, -0.2) is 89.7 Å². The third kappa shape index (κ3) is 8.29. The molecule has 3 N–H and O–H groups in total. The lowest BCUT2D eigenvalue weighted by molar-refractivity contribution is -0.201. The van der Waals surface area contributed by atoms with Crippen molar-refractivity contribution in [3.8, 4) is 0 Å². The number of halogens is 1. The number of nitrogens with zero attached hydrogens (tertiary/aromatic N) is 1. The summed E-state index contributed by atoms with van der Waals surface area (Å²) in [5.41, 5.74) is 0.299. The molecule has 0 spiro atoms. The van der Waals surface area contributed by atoms with Gasteiger partial charge >= 0.3 is 6.09 Å². The number of aliphatic hydroxyl groups excluding tert-OH is 1. The molecule has 0 saturated carbocycles. The maximum Gasteiger partial charge on any atom is 0.407 e. The maximum atomic E-state index is 13.5. The van der Waals surface area contributed by atoms with E-state index in [-0.39, 0.29) is 25.3 Å². The Kier molecular flexibility index (Phi) is 10.2. The number of amides is 3. The normalized spacial score (nSPS) is 25.7. The highest BCUT2D eigenvalue weighted by Crippen LogP contribution is 2.25. The molecule has 2 aliphatic heterocycles. The lowest BCUT2D eigenvalue weighted by Crippen LogP contribution is -2.57. The van der Waals surface area contributed by atoms with E-state index in [0.717, 1.165) is 5.56 Å². The highest BCUT2D eigenvalue weighted by Gasteiger charge is 2.43. The minimum Gasteiger partial charge on any atom is -0.441 e. The highest BCUT2D eigenvalue weighted by atomic mass is 35.5. The third-order valence-electron chi connectivity index (χ3n) is 6.28. The first-order valence-corrected chi connectivity index (χ1v) is 13.0. The summed E-state index contributed by atoms with van der Waals surface area (Å²) < 4.78 is 16.3. The summed E-state index contributed by atoms with van der Waals surface area (Å²) in [6.45, 7) is 6.14. The molecule has 0 aromatic heterocycles.